The number of aliphatic hydroxyl groups is 1. The molecule has 2 fully saturated rings. The summed E-state index contributed by atoms with van der Waals surface area (Å²) < 4.78 is 21.4. The quantitative estimate of drug-likeness (QED) is 0.139. The average molecular weight is 1450 g/mol. The molecule has 2 heterocycles. The number of nitrogens with one attached hydrogen (secondary N) is 4. The highest BCUT2D eigenvalue weighted by Crippen LogP contribution is 2.25. The van der Waals surface area contributed by atoms with Crippen molar-refractivity contribution in [3.63, 3.8) is 0 Å². The van der Waals surface area contributed by atoms with E-state index < -0.39 is 168 Å². The Morgan fingerprint density at radius 2 is 0.990 bits per heavy atom. The van der Waals surface area contributed by atoms with Gasteiger partial charge in [0.15, 0.2) is 11.6 Å². The van der Waals surface area contributed by atoms with Gasteiger partial charge < -0.3 is 75.4 Å². The van der Waals surface area contributed by atoms with Gasteiger partial charge in [-0.25, -0.2) is 4.39 Å². The van der Waals surface area contributed by atoms with Gasteiger partial charge in [0.2, 0.25) is 70.9 Å². The number of ether oxygens (including phenoxy) is 1. The number of halogens is 1. The maximum atomic E-state index is 15.6. The first-order chi connectivity index (χ1) is 48.0. The molecule has 10 atom stereocenters. The van der Waals surface area contributed by atoms with Crippen LogP contribution >= 0.6 is 0 Å². The van der Waals surface area contributed by atoms with E-state index in [2.05, 4.69) is 21.3 Å². The number of aromatic hydroxyl groups is 1. The van der Waals surface area contributed by atoms with E-state index in [1.807, 2.05) is 41.5 Å². The number of likely N-dealkylation sites (tertiary alicyclic amines) is 1. The first kappa shape index (κ1) is 87.1. The Kier molecular flexibility index (Phi) is 33.9. The minimum Gasteiger partial charge on any atom is -0.505 e. The van der Waals surface area contributed by atoms with Crippen LogP contribution in [0.25, 0.3) is 0 Å². The van der Waals surface area contributed by atoms with Gasteiger partial charge in [0, 0.05) is 88.2 Å². The van der Waals surface area contributed by atoms with E-state index in [0.29, 0.717) is 31.5 Å². The maximum Gasteiger partial charge on any atom is 0.248 e. The van der Waals surface area contributed by atoms with Crippen LogP contribution in [0.5, 0.6) is 5.75 Å². The van der Waals surface area contributed by atoms with Crippen LogP contribution in [-0.4, -0.2) is 268 Å². The van der Waals surface area contributed by atoms with Crippen molar-refractivity contribution in [3.8, 4) is 5.75 Å². The standard InChI is InChI=1S/C75H119FN12O15/c1-45(2)35-56-66(94)77-53(40-51-30-31-61(90)52(76)39-51)70(98)87(19)60(38-48(7)8)73(101)86(18)59(41-50-27-22-20-23-28-50)68(96)79-55(44-103-75(10,11)12)71(99)85(17)58(37-47(5)6)69(97)80-65(49(9)89)74(102)82(14)43-64(93)84(16)57(36-46(3)4)67(95)78-54(72(100)88-33-24-21-25-34-88)42-63(92)81(13)32-26-29-62(91)83(56)15/h20,22-23,27-28,30-31,39,45-49,53-60,65,89-90H,21,24-26,29,32-38,40-44H2,1-19H3,(H,77,94)(H,78,95)(H,79,96)(H,80,97)/t49-,53+,54+,55+,56+,57+,58+,59+,60+,65+/m1/s1. The predicted molar refractivity (Wildman–Crippen MR) is 387 cm³/mol. The van der Waals surface area contributed by atoms with Crippen molar-refractivity contribution in [2.75, 3.05) is 82.1 Å². The van der Waals surface area contributed by atoms with Gasteiger partial charge >= 0.3 is 0 Å². The molecule has 2 aromatic rings. The molecule has 0 unspecified atom stereocenters. The zero-order valence-corrected chi connectivity index (χ0v) is 64.4. The molecule has 2 saturated heterocycles. The lowest BCUT2D eigenvalue weighted by Crippen LogP contribution is -2.62. The lowest BCUT2D eigenvalue weighted by Gasteiger charge is -2.38. The van der Waals surface area contributed by atoms with E-state index in [1.165, 1.54) is 77.0 Å². The van der Waals surface area contributed by atoms with E-state index in [9.17, 15) is 48.6 Å². The molecule has 0 saturated carbocycles. The minimum absolute atomic E-state index is 0.00548. The number of likely N-dealkylation sites (N-methyl/N-ethyl adjacent to an activating group) is 6. The Morgan fingerprint density at radius 3 is 1.52 bits per heavy atom. The topological polar surface area (TPSA) is 329 Å². The molecule has 0 radical (unpaired) electrons. The highest BCUT2D eigenvalue weighted by molar-refractivity contribution is 5.99. The smallest absolute Gasteiger partial charge is 0.248 e. The first-order valence-corrected chi connectivity index (χ1v) is 36.2. The number of amides is 12. The fraction of sp³-hybridized carbons (Fsp3) is 0.680. The second-order valence-electron chi connectivity index (χ2n) is 30.7. The molecule has 12 amide bonds. The summed E-state index contributed by atoms with van der Waals surface area (Å²) in [4.78, 5) is 188. The molecule has 0 aromatic heterocycles. The molecule has 2 aliphatic heterocycles. The molecule has 27 nitrogen and oxygen atoms in total. The third kappa shape index (κ3) is 26.4. The molecule has 0 spiro atoms. The minimum atomic E-state index is -1.70. The van der Waals surface area contributed by atoms with Crippen LogP contribution in [0, 0.1) is 29.5 Å². The van der Waals surface area contributed by atoms with E-state index in [4.69, 9.17) is 4.74 Å². The summed E-state index contributed by atoms with van der Waals surface area (Å²) in [7, 11) is 9.66. The van der Waals surface area contributed by atoms with Crippen molar-refractivity contribution >= 4 is 70.9 Å². The van der Waals surface area contributed by atoms with E-state index in [-0.39, 0.29) is 87.1 Å². The summed E-state index contributed by atoms with van der Waals surface area (Å²) in [5.74, 6) is -11.5. The van der Waals surface area contributed by atoms with Crippen LogP contribution in [0.4, 0.5) is 4.39 Å². The summed E-state index contributed by atoms with van der Waals surface area (Å²) in [6, 6.07) is -0.549. The number of benzene rings is 2. The van der Waals surface area contributed by atoms with Gasteiger partial charge in [-0.3, -0.25) is 57.5 Å². The van der Waals surface area contributed by atoms with E-state index in [0.717, 1.165) is 38.2 Å². The molecule has 28 heteroatoms. The van der Waals surface area contributed by atoms with Crippen molar-refractivity contribution in [2.45, 2.75) is 226 Å². The van der Waals surface area contributed by atoms with Crippen LogP contribution in [0.15, 0.2) is 48.5 Å². The average Bonchev–Trinajstić information content (AvgIpc) is 0.817. The number of nitrogens with zero attached hydrogens (tertiary/aromatic N) is 8. The monoisotopic (exact) mass is 1450 g/mol. The molecular weight excluding hydrogens is 1330 g/mol. The molecule has 4 rings (SSSR count). The fourth-order valence-electron chi connectivity index (χ4n) is 12.6. The number of carbonyl (C=O) groups excluding carboxylic acids is 12. The summed E-state index contributed by atoms with van der Waals surface area (Å²) in [5, 5.41) is 32.5. The van der Waals surface area contributed by atoms with Gasteiger partial charge in [0.25, 0.3) is 0 Å². The molecular formula is C75H119FN12O15. The number of phenols is 1. The van der Waals surface area contributed by atoms with Crippen molar-refractivity contribution in [2.24, 2.45) is 23.7 Å². The fourth-order valence-corrected chi connectivity index (χ4v) is 12.6. The van der Waals surface area contributed by atoms with E-state index >= 15 is 23.6 Å². The second-order valence-corrected chi connectivity index (χ2v) is 30.7. The van der Waals surface area contributed by atoms with Crippen LogP contribution < -0.4 is 21.3 Å². The number of phenolic OH excluding ortho intramolecular Hbond substituents is 1. The summed E-state index contributed by atoms with van der Waals surface area (Å²) >= 11 is 0. The normalized spacial score (nSPS) is 24.4. The molecule has 0 bridgehead atoms. The Morgan fingerprint density at radius 1 is 0.515 bits per heavy atom. The highest BCUT2D eigenvalue weighted by atomic mass is 19.1. The number of hydrogen-bond donors (Lipinski definition) is 6. The Balaban J connectivity index is 1.95. The van der Waals surface area contributed by atoms with Crippen molar-refractivity contribution < 1.29 is 76.9 Å². The van der Waals surface area contributed by atoms with Crippen LogP contribution in [0.3, 0.4) is 0 Å². The summed E-state index contributed by atoms with van der Waals surface area (Å²) in [6.45, 7) is 20.6. The molecule has 2 aromatic carbocycles. The molecule has 103 heavy (non-hydrogen) atoms. The van der Waals surface area contributed by atoms with Crippen molar-refractivity contribution in [1.29, 1.82) is 0 Å². The number of hydrogen-bond acceptors (Lipinski definition) is 15. The van der Waals surface area contributed by atoms with Gasteiger partial charge in [-0.05, 0) is 126 Å². The summed E-state index contributed by atoms with van der Waals surface area (Å²) in [6.07, 6.45) is -0.224. The van der Waals surface area contributed by atoms with Gasteiger partial charge in [0.1, 0.15) is 54.4 Å². The third-order valence-corrected chi connectivity index (χ3v) is 18.8. The SMILES string of the molecule is CC(C)C[C@H]1C(=O)N[C@H](C(=O)N2CCCCC2)CC(=O)N(C)CCCC(=O)N(C)[C@@H](CC(C)C)C(=O)N[C@@H](Cc2ccc(O)c(F)c2)C(=O)N(C)[C@@H](CC(C)C)C(=O)N(C)[C@@H](Cc2ccccc2)C(=O)N[C@@H](COC(C)(C)C)C(=O)N(C)[C@@H](CC(C)C)C(=O)N[C@@H]([C@@H](C)O)C(=O)N(C)CC(=O)N1C. The first-order valence-electron chi connectivity index (χ1n) is 36.2. The van der Waals surface area contributed by atoms with Gasteiger partial charge in [-0.2, -0.15) is 0 Å². The lowest BCUT2D eigenvalue weighted by atomic mass is 9.97. The van der Waals surface area contributed by atoms with Crippen LogP contribution in [0.2, 0.25) is 0 Å². The van der Waals surface area contributed by atoms with Crippen molar-refractivity contribution in [3.05, 3.63) is 65.5 Å². The molecule has 6 N–H and O–H groups in total. The molecule has 2 aliphatic rings. The Labute approximate surface area is 609 Å². The van der Waals surface area contributed by atoms with Gasteiger partial charge in [-0.1, -0.05) is 91.8 Å². The number of rotatable bonds is 16. The number of piperidine rings is 1. The van der Waals surface area contributed by atoms with Gasteiger partial charge in [-0.15, -0.1) is 0 Å². The zero-order chi connectivity index (χ0) is 77.7. The van der Waals surface area contributed by atoms with Crippen LogP contribution in [0.1, 0.15) is 158 Å². The maximum absolute atomic E-state index is 15.6. The van der Waals surface area contributed by atoms with Gasteiger partial charge in [0.05, 0.1) is 31.3 Å². The van der Waals surface area contributed by atoms with Crippen molar-refractivity contribution in [1.82, 2.24) is 60.5 Å². The number of carbonyl (C=O) groups is 12. The second kappa shape index (κ2) is 40.1. The molecule has 0 aliphatic carbocycles. The zero-order valence-electron chi connectivity index (χ0n) is 64.4. The summed E-state index contributed by atoms with van der Waals surface area (Å²) in [5.41, 5.74) is -0.133. The largest absolute Gasteiger partial charge is 0.505 e. The highest BCUT2D eigenvalue weighted by Gasteiger charge is 2.43. The number of aliphatic hydroxyl groups excluding tert-OH is 1. The Hall–Kier alpha value is -8.27. The Bertz CT molecular complexity index is 3230. The van der Waals surface area contributed by atoms with Crippen LogP contribution in [-0.2, 0) is 75.1 Å². The predicted octanol–water partition coefficient (Wildman–Crippen LogP) is 3.88. The lowest BCUT2D eigenvalue weighted by molar-refractivity contribution is -0.151. The van der Waals surface area contributed by atoms with E-state index in [1.54, 1.807) is 69.9 Å². The molecule has 576 valence electrons. The third-order valence-electron chi connectivity index (χ3n) is 18.8.